The summed E-state index contributed by atoms with van der Waals surface area (Å²) in [5.41, 5.74) is 2.13. The number of alkyl halides is 1. The van der Waals surface area contributed by atoms with Crippen molar-refractivity contribution >= 4 is 21.6 Å². The van der Waals surface area contributed by atoms with E-state index in [1.807, 2.05) is 24.3 Å². The minimum atomic E-state index is 0.0729. The molecule has 1 aromatic carbocycles. The minimum Gasteiger partial charge on any atom is -0.169 e. The summed E-state index contributed by atoms with van der Waals surface area (Å²) in [7, 11) is 0. The monoisotopic (exact) mass is 196 g/mol. The van der Waals surface area contributed by atoms with Crippen molar-refractivity contribution < 1.29 is 0 Å². The molecule has 1 aromatic rings. The number of halogens is 1. The molecule has 2 rings (SSSR count). The van der Waals surface area contributed by atoms with Crippen LogP contribution in [0.4, 0.5) is 5.69 Å². The van der Waals surface area contributed by atoms with Gasteiger partial charge in [-0.15, -0.1) is 0 Å². The highest BCUT2D eigenvalue weighted by Gasteiger charge is 2.15. The van der Waals surface area contributed by atoms with E-state index in [2.05, 4.69) is 26.2 Å². The number of hydrogen-bond donors (Lipinski definition) is 0. The van der Waals surface area contributed by atoms with Gasteiger partial charge in [-0.1, -0.05) is 34.1 Å². The molecule has 0 bridgehead atoms. The quantitative estimate of drug-likeness (QED) is 0.450. The second-order valence-corrected chi connectivity index (χ2v) is 2.98. The third-order valence-electron chi connectivity index (χ3n) is 1.46. The Hall–Kier alpha value is -0.700. The average molecular weight is 197 g/mol. The maximum atomic E-state index is 3.96. The average Bonchev–Trinajstić information content (AvgIpc) is 2.34. The Balaban J connectivity index is 2.59. The van der Waals surface area contributed by atoms with E-state index in [1.54, 1.807) is 0 Å². The SMILES string of the molecule is Br[C@H]1N=Nc2ccccc21. The van der Waals surface area contributed by atoms with Crippen molar-refractivity contribution in [2.24, 2.45) is 10.2 Å². The lowest BCUT2D eigenvalue weighted by molar-refractivity contribution is 1.03. The van der Waals surface area contributed by atoms with E-state index in [1.165, 1.54) is 0 Å². The zero-order valence-electron chi connectivity index (χ0n) is 5.16. The van der Waals surface area contributed by atoms with E-state index < -0.39 is 0 Å². The molecule has 3 heteroatoms. The second kappa shape index (κ2) is 2.16. The normalized spacial score (nSPS) is 21.1. The summed E-state index contributed by atoms with van der Waals surface area (Å²) in [6, 6.07) is 7.93. The van der Waals surface area contributed by atoms with Gasteiger partial charge in [0, 0.05) is 5.56 Å². The fourth-order valence-corrected chi connectivity index (χ4v) is 1.43. The number of benzene rings is 1. The lowest BCUT2D eigenvalue weighted by Crippen LogP contribution is -1.76. The molecule has 10 heavy (non-hydrogen) atoms. The molecule has 50 valence electrons. The smallest absolute Gasteiger partial charge is 0.153 e. The summed E-state index contributed by atoms with van der Waals surface area (Å²) < 4.78 is 0. The van der Waals surface area contributed by atoms with Crippen LogP contribution in [-0.4, -0.2) is 0 Å². The van der Waals surface area contributed by atoms with Crippen LogP contribution < -0.4 is 0 Å². The Bertz CT molecular complexity index is 283. The van der Waals surface area contributed by atoms with Gasteiger partial charge in [-0.25, -0.2) is 0 Å². The summed E-state index contributed by atoms with van der Waals surface area (Å²) in [4.78, 5) is 0.0729. The molecule has 0 spiro atoms. The van der Waals surface area contributed by atoms with Crippen LogP contribution in [-0.2, 0) is 0 Å². The van der Waals surface area contributed by atoms with Gasteiger partial charge in [-0.2, -0.15) is 10.2 Å². The Kier molecular flexibility index (Phi) is 1.31. The molecule has 0 N–H and O–H groups in total. The van der Waals surface area contributed by atoms with Crippen molar-refractivity contribution in [3.05, 3.63) is 29.8 Å². The number of fused-ring (bicyclic) bond motifs is 1. The highest BCUT2D eigenvalue weighted by Crippen LogP contribution is 2.38. The van der Waals surface area contributed by atoms with Crippen LogP contribution in [0.1, 0.15) is 10.5 Å². The van der Waals surface area contributed by atoms with E-state index in [4.69, 9.17) is 0 Å². The fourth-order valence-electron chi connectivity index (χ4n) is 0.955. The van der Waals surface area contributed by atoms with E-state index in [0.717, 1.165) is 11.3 Å². The lowest BCUT2D eigenvalue weighted by Gasteiger charge is -1.95. The van der Waals surface area contributed by atoms with Crippen LogP contribution in [0.2, 0.25) is 0 Å². The Morgan fingerprint density at radius 3 is 2.90 bits per heavy atom. The first kappa shape index (κ1) is 6.04. The van der Waals surface area contributed by atoms with E-state index in [9.17, 15) is 0 Å². The molecule has 0 radical (unpaired) electrons. The Morgan fingerprint density at radius 2 is 2.10 bits per heavy atom. The molecule has 0 unspecified atom stereocenters. The van der Waals surface area contributed by atoms with E-state index >= 15 is 0 Å². The van der Waals surface area contributed by atoms with E-state index in [-0.39, 0.29) is 4.95 Å². The first-order valence-electron chi connectivity index (χ1n) is 3.02. The first-order chi connectivity index (χ1) is 4.88. The predicted octanol–water partition coefficient (Wildman–Crippen LogP) is 3.18. The molecule has 0 saturated carbocycles. The molecule has 0 fully saturated rings. The van der Waals surface area contributed by atoms with Gasteiger partial charge in [-0.05, 0) is 6.07 Å². The van der Waals surface area contributed by atoms with Crippen molar-refractivity contribution in [1.82, 2.24) is 0 Å². The topological polar surface area (TPSA) is 24.7 Å². The number of rotatable bonds is 0. The van der Waals surface area contributed by atoms with Gasteiger partial charge in [0.1, 0.15) is 0 Å². The summed E-state index contributed by atoms with van der Waals surface area (Å²) >= 11 is 3.38. The van der Waals surface area contributed by atoms with Crippen molar-refractivity contribution in [3.8, 4) is 0 Å². The van der Waals surface area contributed by atoms with Gasteiger partial charge in [-0.3, -0.25) is 0 Å². The molecule has 1 aliphatic heterocycles. The number of azo groups is 1. The molecule has 0 amide bonds. The van der Waals surface area contributed by atoms with Crippen molar-refractivity contribution in [3.63, 3.8) is 0 Å². The zero-order valence-corrected chi connectivity index (χ0v) is 6.75. The summed E-state index contributed by atoms with van der Waals surface area (Å²) in [5.74, 6) is 0. The molecule has 0 aromatic heterocycles. The fraction of sp³-hybridized carbons (Fsp3) is 0.143. The highest BCUT2D eigenvalue weighted by molar-refractivity contribution is 9.09. The Morgan fingerprint density at radius 1 is 1.30 bits per heavy atom. The van der Waals surface area contributed by atoms with Crippen LogP contribution >= 0.6 is 15.9 Å². The van der Waals surface area contributed by atoms with Crippen LogP contribution in [0.15, 0.2) is 34.5 Å². The van der Waals surface area contributed by atoms with Crippen LogP contribution in [0.3, 0.4) is 0 Å². The molecule has 0 aliphatic carbocycles. The zero-order chi connectivity index (χ0) is 6.97. The van der Waals surface area contributed by atoms with Crippen LogP contribution in [0.5, 0.6) is 0 Å². The summed E-state index contributed by atoms with van der Waals surface area (Å²) in [5, 5.41) is 7.90. The molecule has 1 aliphatic rings. The van der Waals surface area contributed by atoms with Gasteiger partial charge >= 0.3 is 0 Å². The number of nitrogens with zero attached hydrogens (tertiary/aromatic N) is 2. The predicted molar refractivity (Wildman–Crippen MR) is 42.6 cm³/mol. The maximum absolute atomic E-state index is 3.96. The van der Waals surface area contributed by atoms with Gasteiger partial charge in [0.15, 0.2) is 4.95 Å². The summed E-state index contributed by atoms with van der Waals surface area (Å²) in [6.07, 6.45) is 0. The van der Waals surface area contributed by atoms with Crippen molar-refractivity contribution in [1.29, 1.82) is 0 Å². The first-order valence-corrected chi connectivity index (χ1v) is 3.93. The van der Waals surface area contributed by atoms with Gasteiger partial charge < -0.3 is 0 Å². The third kappa shape index (κ3) is 0.778. The standard InChI is InChI=1S/C7H5BrN2/c8-7-5-3-1-2-4-6(5)9-10-7/h1-4,7H/t7-/m0/s1. The van der Waals surface area contributed by atoms with Gasteiger partial charge in [0.2, 0.25) is 0 Å². The lowest BCUT2D eigenvalue weighted by atomic mass is 10.2. The summed E-state index contributed by atoms with van der Waals surface area (Å²) in [6.45, 7) is 0. The van der Waals surface area contributed by atoms with Gasteiger partial charge in [0.25, 0.3) is 0 Å². The van der Waals surface area contributed by atoms with Crippen LogP contribution in [0.25, 0.3) is 0 Å². The molecular weight excluding hydrogens is 192 g/mol. The highest BCUT2D eigenvalue weighted by atomic mass is 79.9. The molecule has 1 atom stereocenters. The molecule has 0 saturated heterocycles. The third-order valence-corrected chi connectivity index (χ3v) is 2.14. The Labute approximate surface area is 67.1 Å². The number of hydrogen-bond acceptors (Lipinski definition) is 2. The van der Waals surface area contributed by atoms with Crippen molar-refractivity contribution in [2.75, 3.05) is 0 Å². The maximum Gasteiger partial charge on any atom is 0.153 e. The second-order valence-electron chi connectivity index (χ2n) is 2.11. The molecular formula is C7H5BrN2. The largest absolute Gasteiger partial charge is 0.169 e. The van der Waals surface area contributed by atoms with Gasteiger partial charge in [0.05, 0.1) is 5.69 Å². The van der Waals surface area contributed by atoms with Crippen molar-refractivity contribution in [2.45, 2.75) is 4.95 Å². The minimum absolute atomic E-state index is 0.0729. The van der Waals surface area contributed by atoms with E-state index in [0.29, 0.717) is 0 Å². The molecule has 1 heterocycles. The molecule has 2 nitrogen and oxygen atoms in total. The van der Waals surface area contributed by atoms with Crippen LogP contribution in [0, 0.1) is 0 Å².